The number of fused-ring (bicyclic) bond motifs is 1. The number of hydrogen-bond donors (Lipinski definition) is 1. The first-order chi connectivity index (χ1) is 13.1. The van der Waals surface area contributed by atoms with Crippen LogP contribution in [0.25, 0.3) is 11.2 Å². The summed E-state index contributed by atoms with van der Waals surface area (Å²) in [4.78, 5) is 27.6. The number of amides is 1. The van der Waals surface area contributed by atoms with Crippen LogP contribution in [0.1, 0.15) is 18.4 Å². The second-order valence-electron chi connectivity index (χ2n) is 6.85. The van der Waals surface area contributed by atoms with Gasteiger partial charge in [-0.1, -0.05) is 6.07 Å². The number of carbonyl (C=O) groups excluding carboxylic acids is 1. The number of aromatic nitrogens is 3. The molecule has 4 rings (SSSR count). The normalized spacial score (nSPS) is 17.1. The van der Waals surface area contributed by atoms with Crippen molar-refractivity contribution >= 4 is 28.4 Å². The first-order valence-electron chi connectivity index (χ1n) is 8.99. The van der Waals surface area contributed by atoms with Crippen LogP contribution in [0.5, 0.6) is 0 Å². The van der Waals surface area contributed by atoms with E-state index in [0.717, 1.165) is 36.2 Å². The second kappa shape index (κ2) is 7.26. The number of pyridine rings is 1. The Morgan fingerprint density at radius 2 is 2.07 bits per heavy atom. The lowest BCUT2D eigenvalue weighted by molar-refractivity contribution is -0.120. The molecule has 0 radical (unpaired) electrons. The van der Waals surface area contributed by atoms with Crippen molar-refractivity contribution in [1.29, 1.82) is 0 Å². The molecule has 1 aromatic carbocycles. The Hall–Kier alpha value is -3.09. The summed E-state index contributed by atoms with van der Waals surface area (Å²) in [5, 5.41) is 2.73. The highest BCUT2D eigenvalue weighted by Crippen LogP contribution is 2.26. The van der Waals surface area contributed by atoms with E-state index in [-0.39, 0.29) is 17.5 Å². The Morgan fingerprint density at radius 3 is 2.93 bits per heavy atom. The predicted molar refractivity (Wildman–Crippen MR) is 102 cm³/mol. The lowest BCUT2D eigenvalue weighted by atomic mass is 9.96. The molecule has 0 saturated carbocycles. The summed E-state index contributed by atoms with van der Waals surface area (Å²) in [6.45, 7) is 3.22. The number of aryl methyl sites for hydroxylation is 1. The van der Waals surface area contributed by atoms with Gasteiger partial charge in [0, 0.05) is 25.5 Å². The molecule has 1 fully saturated rings. The second-order valence-corrected chi connectivity index (χ2v) is 6.85. The van der Waals surface area contributed by atoms with Crippen LogP contribution in [0.15, 0.2) is 42.9 Å². The van der Waals surface area contributed by atoms with Gasteiger partial charge in [-0.05, 0) is 43.5 Å². The zero-order valence-electron chi connectivity index (χ0n) is 15.0. The molecule has 6 nitrogen and oxygen atoms in total. The van der Waals surface area contributed by atoms with Gasteiger partial charge in [-0.2, -0.15) is 0 Å². The van der Waals surface area contributed by atoms with Gasteiger partial charge >= 0.3 is 0 Å². The molecule has 0 aliphatic carbocycles. The van der Waals surface area contributed by atoms with Gasteiger partial charge in [-0.25, -0.2) is 14.4 Å². The fourth-order valence-corrected chi connectivity index (χ4v) is 3.40. The summed E-state index contributed by atoms with van der Waals surface area (Å²) in [5.41, 5.74) is 3.29. The lowest BCUT2D eigenvalue weighted by Crippen LogP contribution is -2.40. The van der Waals surface area contributed by atoms with E-state index in [4.69, 9.17) is 0 Å². The number of anilines is 2. The SMILES string of the molecule is Cc1ccc(NC(=O)C2CCCN(c3cnc4nccnc4c3)C2)c(F)c1. The van der Waals surface area contributed by atoms with Gasteiger partial charge in [0.05, 0.1) is 23.5 Å². The van der Waals surface area contributed by atoms with Crippen molar-refractivity contribution in [2.75, 3.05) is 23.3 Å². The molecule has 7 heteroatoms. The number of nitrogens with zero attached hydrogens (tertiary/aromatic N) is 4. The van der Waals surface area contributed by atoms with Crippen molar-refractivity contribution < 1.29 is 9.18 Å². The van der Waals surface area contributed by atoms with Gasteiger partial charge < -0.3 is 10.2 Å². The van der Waals surface area contributed by atoms with Crippen LogP contribution in [0, 0.1) is 18.7 Å². The summed E-state index contributed by atoms with van der Waals surface area (Å²) in [6.07, 6.45) is 6.66. The molecule has 1 unspecified atom stereocenters. The minimum Gasteiger partial charge on any atom is -0.369 e. The van der Waals surface area contributed by atoms with E-state index in [0.29, 0.717) is 12.2 Å². The van der Waals surface area contributed by atoms with E-state index in [9.17, 15) is 9.18 Å². The Labute approximate surface area is 156 Å². The van der Waals surface area contributed by atoms with Crippen LogP contribution in [-0.2, 0) is 4.79 Å². The van der Waals surface area contributed by atoms with Gasteiger partial charge in [0.15, 0.2) is 5.65 Å². The first kappa shape index (κ1) is 17.3. The van der Waals surface area contributed by atoms with Gasteiger partial charge in [0.2, 0.25) is 5.91 Å². The van der Waals surface area contributed by atoms with E-state index in [2.05, 4.69) is 25.2 Å². The molecule has 27 heavy (non-hydrogen) atoms. The lowest BCUT2D eigenvalue weighted by Gasteiger charge is -2.33. The third-order valence-electron chi connectivity index (χ3n) is 4.85. The van der Waals surface area contributed by atoms with E-state index in [1.807, 2.05) is 13.0 Å². The van der Waals surface area contributed by atoms with E-state index >= 15 is 0 Å². The third kappa shape index (κ3) is 3.72. The average Bonchev–Trinajstić information content (AvgIpc) is 2.70. The quantitative estimate of drug-likeness (QED) is 0.771. The Balaban J connectivity index is 1.49. The van der Waals surface area contributed by atoms with Crippen LogP contribution in [0.2, 0.25) is 0 Å². The molecule has 1 saturated heterocycles. The van der Waals surface area contributed by atoms with Gasteiger partial charge in [0.25, 0.3) is 0 Å². The van der Waals surface area contributed by atoms with Crippen molar-refractivity contribution in [1.82, 2.24) is 15.0 Å². The molecule has 1 N–H and O–H groups in total. The molecule has 3 heterocycles. The summed E-state index contributed by atoms with van der Waals surface area (Å²) < 4.78 is 14.0. The van der Waals surface area contributed by atoms with Gasteiger partial charge in [0.1, 0.15) is 11.3 Å². The molecular formula is C20H20FN5O. The molecule has 0 bridgehead atoms. The Kier molecular flexibility index (Phi) is 4.66. The van der Waals surface area contributed by atoms with Crippen molar-refractivity contribution in [2.45, 2.75) is 19.8 Å². The number of nitrogens with one attached hydrogen (secondary N) is 1. The Bertz CT molecular complexity index is 993. The standard InChI is InChI=1S/C20H20FN5O/c1-13-4-5-17(16(21)9-13)25-20(27)14-3-2-8-26(12-14)15-10-18-19(24-11-15)23-7-6-22-18/h4-7,9-11,14H,2-3,8,12H2,1H3,(H,25,27). The molecule has 0 spiro atoms. The summed E-state index contributed by atoms with van der Waals surface area (Å²) in [6, 6.07) is 6.75. The number of carbonyl (C=O) groups is 1. The zero-order valence-corrected chi connectivity index (χ0v) is 15.0. The molecule has 1 amide bonds. The highest BCUT2D eigenvalue weighted by atomic mass is 19.1. The summed E-state index contributed by atoms with van der Waals surface area (Å²) >= 11 is 0. The first-order valence-corrected chi connectivity index (χ1v) is 8.99. The van der Waals surface area contributed by atoms with Crippen LogP contribution >= 0.6 is 0 Å². The molecule has 3 aromatic rings. The number of halogens is 1. The molecule has 2 aromatic heterocycles. The van der Waals surface area contributed by atoms with Crippen molar-refractivity contribution in [3.8, 4) is 0 Å². The van der Waals surface area contributed by atoms with Crippen LogP contribution < -0.4 is 10.2 Å². The van der Waals surface area contributed by atoms with Crippen LogP contribution in [-0.4, -0.2) is 33.9 Å². The highest BCUT2D eigenvalue weighted by Gasteiger charge is 2.27. The number of hydrogen-bond acceptors (Lipinski definition) is 5. The van der Waals surface area contributed by atoms with Gasteiger partial charge in [-0.15, -0.1) is 0 Å². The largest absolute Gasteiger partial charge is 0.369 e. The van der Waals surface area contributed by atoms with Crippen LogP contribution in [0.4, 0.5) is 15.8 Å². The van der Waals surface area contributed by atoms with Gasteiger partial charge in [-0.3, -0.25) is 9.78 Å². The molecular weight excluding hydrogens is 345 g/mol. The van der Waals surface area contributed by atoms with E-state index in [1.165, 1.54) is 6.07 Å². The average molecular weight is 365 g/mol. The van der Waals surface area contributed by atoms with Crippen LogP contribution in [0.3, 0.4) is 0 Å². The Morgan fingerprint density at radius 1 is 1.22 bits per heavy atom. The summed E-state index contributed by atoms with van der Waals surface area (Å²) in [7, 11) is 0. The fraction of sp³-hybridized carbons (Fsp3) is 0.300. The van der Waals surface area contributed by atoms with E-state index in [1.54, 1.807) is 30.7 Å². The predicted octanol–water partition coefficient (Wildman–Crippen LogP) is 3.33. The number of rotatable bonds is 3. The topological polar surface area (TPSA) is 71.0 Å². The monoisotopic (exact) mass is 365 g/mol. The summed E-state index contributed by atoms with van der Waals surface area (Å²) in [5.74, 6) is -0.777. The number of piperidine rings is 1. The molecule has 1 aliphatic rings. The molecule has 1 aliphatic heterocycles. The minimum atomic E-state index is -0.409. The minimum absolute atomic E-state index is 0.156. The van der Waals surface area contributed by atoms with E-state index < -0.39 is 5.82 Å². The number of benzene rings is 1. The zero-order chi connectivity index (χ0) is 18.8. The van der Waals surface area contributed by atoms with Crippen molar-refractivity contribution in [2.24, 2.45) is 5.92 Å². The van der Waals surface area contributed by atoms with Crippen molar-refractivity contribution in [3.63, 3.8) is 0 Å². The maximum absolute atomic E-state index is 14.0. The smallest absolute Gasteiger partial charge is 0.229 e. The maximum atomic E-state index is 14.0. The third-order valence-corrected chi connectivity index (χ3v) is 4.85. The fourth-order valence-electron chi connectivity index (χ4n) is 3.40. The molecule has 1 atom stereocenters. The maximum Gasteiger partial charge on any atom is 0.229 e. The van der Waals surface area contributed by atoms with Crippen molar-refractivity contribution in [3.05, 3.63) is 54.2 Å². The highest BCUT2D eigenvalue weighted by molar-refractivity contribution is 5.93. The molecule has 138 valence electrons.